The molecule has 0 fully saturated rings. The van der Waals surface area contributed by atoms with Crippen LogP contribution in [0, 0.1) is 5.92 Å². The number of rotatable bonds is 4. The summed E-state index contributed by atoms with van der Waals surface area (Å²) in [5.74, 6) is 0.600. The van der Waals surface area contributed by atoms with Crippen LogP contribution in [0.4, 0.5) is 0 Å². The Labute approximate surface area is 90.9 Å². The maximum Gasteiger partial charge on any atom is 0.222 e. The lowest BCUT2D eigenvalue weighted by molar-refractivity contribution is -0.131. The van der Waals surface area contributed by atoms with Crippen LogP contribution in [0.15, 0.2) is 12.4 Å². The summed E-state index contributed by atoms with van der Waals surface area (Å²) in [5, 5.41) is 4.07. The van der Waals surface area contributed by atoms with Gasteiger partial charge in [-0.05, 0) is 5.92 Å². The lowest BCUT2D eigenvalue weighted by Gasteiger charge is -2.17. The predicted octanol–water partition coefficient (Wildman–Crippen LogP) is 1.42. The van der Waals surface area contributed by atoms with Crippen molar-refractivity contribution >= 4 is 5.91 Å². The van der Waals surface area contributed by atoms with Crippen molar-refractivity contribution in [3.63, 3.8) is 0 Å². The van der Waals surface area contributed by atoms with Gasteiger partial charge in [-0.3, -0.25) is 9.48 Å². The summed E-state index contributed by atoms with van der Waals surface area (Å²) in [4.78, 5) is 13.4. The molecule has 1 heterocycles. The van der Waals surface area contributed by atoms with Gasteiger partial charge in [0.15, 0.2) is 0 Å². The van der Waals surface area contributed by atoms with Crippen molar-refractivity contribution in [3.05, 3.63) is 18.0 Å². The maximum absolute atomic E-state index is 11.7. The molecule has 1 aromatic rings. The molecule has 0 aliphatic rings. The molecule has 1 aromatic heterocycles. The summed E-state index contributed by atoms with van der Waals surface area (Å²) >= 11 is 0. The van der Waals surface area contributed by atoms with Crippen LogP contribution in [-0.4, -0.2) is 27.6 Å². The number of amides is 1. The molecule has 0 N–H and O–H groups in total. The molecule has 1 rings (SSSR count). The first-order chi connectivity index (χ1) is 6.99. The molecular weight excluding hydrogens is 190 g/mol. The second-order valence-electron chi connectivity index (χ2n) is 4.37. The molecule has 0 bridgehead atoms. The van der Waals surface area contributed by atoms with Crippen LogP contribution in [0.25, 0.3) is 0 Å². The molecule has 0 saturated carbocycles. The molecule has 0 atom stereocenters. The number of carbonyl (C=O) groups excluding carboxylic acids is 1. The fourth-order valence-corrected chi connectivity index (χ4v) is 1.42. The van der Waals surface area contributed by atoms with Crippen LogP contribution in [0.5, 0.6) is 0 Å². The van der Waals surface area contributed by atoms with Gasteiger partial charge in [-0.1, -0.05) is 13.8 Å². The van der Waals surface area contributed by atoms with Crippen molar-refractivity contribution < 1.29 is 4.79 Å². The third-order valence-electron chi connectivity index (χ3n) is 2.19. The van der Waals surface area contributed by atoms with E-state index < -0.39 is 0 Å². The highest BCUT2D eigenvalue weighted by Gasteiger charge is 2.11. The van der Waals surface area contributed by atoms with E-state index in [1.807, 2.05) is 20.3 Å². The highest BCUT2D eigenvalue weighted by atomic mass is 16.2. The zero-order chi connectivity index (χ0) is 11.4. The van der Waals surface area contributed by atoms with Crippen LogP contribution in [0.1, 0.15) is 25.8 Å². The first kappa shape index (κ1) is 11.8. The normalized spacial score (nSPS) is 10.7. The molecule has 15 heavy (non-hydrogen) atoms. The van der Waals surface area contributed by atoms with E-state index in [1.165, 1.54) is 0 Å². The zero-order valence-corrected chi connectivity index (χ0v) is 9.90. The van der Waals surface area contributed by atoms with Crippen LogP contribution in [-0.2, 0) is 18.4 Å². The average Bonchev–Trinajstić information content (AvgIpc) is 2.50. The van der Waals surface area contributed by atoms with Crippen molar-refractivity contribution in [3.8, 4) is 0 Å². The molecule has 0 spiro atoms. The Hall–Kier alpha value is -1.32. The minimum Gasteiger partial charge on any atom is -0.341 e. The summed E-state index contributed by atoms with van der Waals surface area (Å²) in [7, 11) is 3.71. The lowest BCUT2D eigenvalue weighted by Crippen LogP contribution is -2.26. The van der Waals surface area contributed by atoms with Gasteiger partial charge in [0.1, 0.15) is 0 Å². The lowest BCUT2D eigenvalue weighted by atomic mass is 10.1. The van der Waals surface area contributed by atoms with E-state index in [4.69, 9.17) is 0 Å². The second-order valence-corrected chi connectivity index (χ2v) is 4.37. The van der Waals surface area contributed by atoms with Gasteiger partial charge < -0.3 is 4.90 Å². The molecule has 0 radical (unpaired) electrons. The van der Waals surface area contributed by atoms with Gasteiger partial charge in [0, 0.05) is 38.8 Å². The number of aromatic nitrogens is 2. The van der Waals surface area contributed by atoms with Gasteiger partial charge in [0.25, 0.3) is 0 Å². The van der Waals surface area contributed by atoms with Crippen molar-refractivity contribution in [1.29, 1.82) is 0 Å². The molecule has 0 saturated heterocycles. The molecule has 0 aliphatic carbocycles. The Kier molecular flexibility index (Phi) is 3.88. The third-order valence-corrected chi connectivity index (χ3v) is 2.19. The monoisotopic (exact) mass is 209 g/mol. The van der Waals surface area contributed by atoms with Crippen LogP contribution in [0.2, 0.25) is 0 Å². The van der Waals surface area contributed by atoms with Crippen LogP contribution < -0.4 is 0 Å². The van der Waals surface area contributed by atoms with E-state index in [-0.39, 0.29) is 5.91 Å². The van der Waals surface area contributed by atoms with Gasteiger partial charge in [-0.15, -0.1) is 0 Å². The number of aryl methyl sites for hydroxylation is 1. The Morgan fingerprint density at radius 3 is 2.73 bits per heavy atom. The minimum atomic E-state index is 0.189. The van der Waals surface area contributed by atoms with Crippen molar-refractivity contribution in [1.82, 2.24) is 14.7 Å². The Morgan fingerprint density at radius 2 is 2.27 bits per heavy atom. The highest BCUT2D eigenvalue weighted by molar-refractivity contribution is 5.76. The first-order valence-electron chi connectivity index (χ1n) is 5.20. The van der Waals surface area contributed by atoms with Crippen LogP contribution in [0.3, 0.4) is 0 Å². The van der Waals surface area contributed by atoms with Crippen molar-refractivity contribution in [2.75, 3.05) is 7.05 Å². The fourth-order valence-electron chi connectivity index (χ4n) is 1.42. The molecule has 0 aliphatic heterocycles. The molecule has 1 amide bonds. The van der Waals surface area contributed by atoms with E-state index in [0.29, 0.717) is 18.9 Å². The third kappa shape index (κ3) is 3.73. The Bertz CT molecular complexity index is 330. The van der Waals surface area contributed by atoms with E-state index in [1.54, 1.807) is 15.8 Å². The summed E-state index contributed by atoms with van der Waals surface area (Å²) in [6.07, 6.45) is 4.33. The van der Waals surface area contributed by atoms with E-state index in [2.05, 4.69) is 18.9 Å². The smallest absolute Gasteiger partial charge is 0.222 e. The SMILES string of the molecule is CC(C)CC(=O)N(C)Cc1cnn(C)c1. The largest absolute Gasteiger partial charge is 0.341 e. The topological polar surface area (TPSA) is 38.1 Å². The maximum atomic E-state index is 11.7. The van der Waals surface area contributed by atoms with Gasteiger partial charge in [0.05, 0.1) is 6.20 Å². The van der Waals surface area contributed by atoms with Gasteiger partial charge >= 0.3 is 0 Å². The molecule has 84 valence electrons. The Balaban J connectivity index is 2.48. The first-order valence-corrected chi connectivity index (χ1v) is 5.20. The summed E-state index contributed by atoms with van der Waals surface area (Å²) in [6.45, 7) is 4.74. The van der Waals surface area contributed by atoms with E-state index >= 15 is 0 Å². The van der Waals surface area contributed by atoms with E-state index in [9.17, 15) is 4.79 Å². The summed E-state index contributed by atoms with van der Waals surface area (Å²) in [5.41, 5.74) is 1.07. The van der Waals surface area contributed by atoms with Gasteiger partial charge in [-0.2, -0.15) is 5.10 Å². The van der Waals surface area contributed by atoms with Crippen LogP contribution >= 0.6 is 0 Å². The number of hydrogen-bond acceptors (Lipinski definition) is 2. The predicted molar refractivity (Wildman–Crippen MR) is 59.1 cm³/mol. The van der Waals surface area contributed by atoms with Crippen molar-refractivity contribution in [2.24, 2.45) is 13.0 Å². The number of carbonyl (C=O) groups is 1. The Morgan fingerprint density at radius 1 is 1.60 bits per heavy atom. The molecule has 0 unspecified atom stereocenters. The molecule has 0 aromatic carbocycles. The molecular formula is C11H19N3O. The quantitative estimate of drug-likeness (QED) is 0.752. The number of hydrogen-bond donors (Lipinski definition) is 0. The van der Waals surface area contributed by atoms with Crippen molar-refractivity contribution in [2.45, 2.75) is 26.8 Å². The molecule has 4 nitrogen and oxygen atoms in total. The summed E-state index contributed by atoms with van der Waals surface area (Å²) < 4.78 is 1.75. The second kappa shape index (κ2) is 4.96. The summed E-state index contributed by atoms with van der Waals surface area (Å²) in [6, 6.07) is 0. The van der Waals surface area contributed by atoms with E-state index in [0.717, 1.165) is 5.56 Å². The highest BCUT2D eigenvalue weighted by Crippen LogP contribution is 2.06. The number of nitrogens with zero attached hydrogens (tertiary/aromatic N) is 3. The van der Waals surface area contributed by atoms with Gasteiger partial charge in [0.2, 0.25) is 5.91 Å². The zero-order valence-electron chi connectivity index (χ0n) is 9.90. The standard InChI is InChI=1S/C11H19N3O/c1-9(2)5-11(15)13(3)7-10-6-12-14(4)8-10/h6,8-9H,5,7H2,1-4H3. The fraction of sp³-hybridized carbons (Fsp3) is 0.636. The van der Waals surface area contributed by atoms with Gasteiger partial charge in [-0.25, -0.2) is 0 Å². The molecule has 4 heteroatoms. The average molecular weight is 209 g/mol. The minimum absolute atomic E-state index is 0.189.